The van der Waals surface area contributed by atoms with Crippen LogP contribution in [-0.4, -0.2) is 28.2 Å². The van der Waals surface area contributed by atoms with E-state index in [9.17, 15) is 0 Å². The van der Waals surface area contributed by atoms with Gasteiger partial charge < -0.3 is 9.80 Å². The number of benzene rings is 3. The van der Waals surface area contributed by atoms with Crippen molar-refractivity contribution in [3.8, 4) is 0 Å². The maximum absolute atomic E-state index is 2.29. The lowest BCUT2D eigenvalue weighted by Gasteiger charge is -2.29. The van der Waals surface area contributed by atoms with Gasteiger partial charge in [-0.05, 0) is 37.8 Å². The molecule has 134 valence electrons. The second-order valence-electron chi connectivity index (χ2n) is 6.89. The van der Waals surface area contributed by atoms with E-state index in [-0.39, 0.29) is 0 Å². The minimum absolute atomic E-state index is 0.657. The molecule has 0 amide bonds. The van der Waals surface area contributed by atoms with Crippen LogP contribution >= 0.6 is 7.92 Å². The molecule has 0 aromatic heterocycles. The van der Waals surface area contributed by atoms with Gasteiger partial charge >= 0.3 is 0 Å². The number of hydrogen-bond donors (Lipinski definition) is 0. The van der Waals surface area contributed by atoms with Gasteiger partial charge in [0.15, 0.2) is 0 Å². The Morgan fingerprint density at radius 3 is 1.35 bits per heavy atom. The van der Waals surface area contributed by atoms with Crippen LogP contribution in [0.25, 0.3) is 0 Å². The highest BCUT2D eigenvalue weighted by Crippen LogP contribution is 2.40. The van der Waals surface area contributed by atoms with E-state index >= 15 is 0 Å². The molecule has 0 saturated heterocycles. The molecule has 0 aliphatic carbocycles. The molecule has 0 unspecified atom stereocenters. The minimum atomic E-state index is -0.657. The molecule has 0 atom stereocenters. The quantitative estimate of drug-likeness (QED) is 0.636. The lowest BCUT2D eigenvalue weighted by molar-refractivity contribution is 1.14. The molecule has 0 aliphatic heterocycles. The largest absolute Gasteiger partial charge is 0.377 e. The first-order valence-corrected chi connectivity index (χ1v) is 10.2. The molecule has 3 rings (SSSR count). The predicted molar refractivity (Wildman–Crippen MR) is 119 cm³/mol. The summed E-state index contributed by atoms with van der Waals surface area (Å²) in [5, 5.41) is 4.22. The number of nitrogens with zero attached hydrogens (tertiary/aromatic N) is 2. The number of para-hydroxylation sites is 2. The van der Waals surface area contributed by atoms with E-state index in [2.05, 4.69) is 118 Å². The zero-order chi connectivity index (χ0) is 18.7. The first kappa shape index (κ1) is 18.5. The third kappa shape index (κ3) is 3.61. The van der Waals surface area contributed by atoms with Gasteiger partial charge in [0, 0.05) is 50.2 Å². The maximum atomic E-state index is 2.29. The highest BCUT2D eigenvalue weighted by Gasteiger charge is 2.24. The van der Waals surface area contributed by atoms with Gasteiger partial charge in [0.1, 0.15) is 0 Å². The van der Waals surface area contributed by atoms with Gasteiger partial charge in [0.25, 0.3) is 0 Å². The lowest BCUT2D eigenvalue weighted by atomic mass is 10.2. The number of rotatable bonds is 5. The monoisotopic (exact) mass is 362 g/mol. The molecule has 0 bridgehead atoms. The van der Waals surface area contributed by atoms with Gasteiger partial charge in [-0.15, -0.1) is 0 Å². The highest BCUT2D eigenvalue weighted by molar-refractivity contribution is 7.80. The summed E-state index contributed by atoms with van der Waals surface area (Å²) in [7, 11) is 7.85. The van der Waals surface area contributed by atoms with Crippen LogP contribution in [0.3, 0.4) is 0 Å². The summed E-state index contributed by atoms with van der Waals surface area (Å²) in [6.45, 7) is 2.22. The molecule has 3 aromatic rings. The third-order valence-corrected chi connectivity index (χ3v) is 7.27. The summed E-state index contributed by atoms with van der Waals surface area (Å²) in [6, 6.07) is 26.4. The second-order valence-corrected chi connectivity index (χ2v) is 9.00. The minimum Gasteiger partial charge on any atom is -0.377 e. The lowest BCUT2D eigenvalue weighted by Crippen LogP contribution is -2.29. The van der Waals surface area contributed by atoms with E-state index in [1.807, 2.05) is 0 Å². The first-order valence-electron chi connectivity index (χ1n) is 8.89. The van der Waals surface area contributed by atoms with E-state index < -0.39 is 7.92 Å². The van der Waals surface area contributed by atoms with E-state index in [4.69, 9.17) is 0 Å². The summed E-state index contributed by atoms with van der Waals surface area (Å²) >= 11 is 0. The van der Waals surface area contributed by atoms with Crippen LogP contribution in [0.4, 0.5) is 11.4 Å². The van der Waals surface area contributed by atoms with Crippen LogP contribution in [-0.2, 0) is 0 Å². The van der Waals surface area contributed by atoms with Crippen LogP contribution < -0.4 is 25.7 Å². The van der Waals surface area contributed by atoms with Crippen molar-refractivity contribution in [1.29, 1.82) is 0 Å². The molecule has 3 heteroatoms. The van der Waals surface area contributed by atoms with Crippen LogP contribution in [0.1, 0.15) is 5.56 Å². The Bertz CT molecular complexity index is 835. The second kappa shape index (κ2) is 7.93. The molecule has 0 heterocycles. The molecule has 26 heavy (non-hydrogen) atoms. The number of hydrogen-bond acceptors (Lipinski definition) is 2. The maximum Gasteiger partial charge on any atom is 0.0445 e. The Morgan fingerprint density at radius 2 is 0.923 bits per heavy atom. The average molecular weight is 362 g/mol. The van der Waals surface area contributed by atoms with E-state index in [1.54, 1.807) is 0 Å². The molecule has 3 aromatic carbocycles. The molecular formula is C23H27N2P. The predicted octanol–water partition coefficient (Wildman–Crippen LogP) is 3.89. The van der Waals surface area contributed by atoms with E-state index in [1.165, 1.54) is 32.9 Å². The fourth-order valence-corrected chi connectivity index (χ4v) is 6.18. The van der Waals surface area contributed by atoms with E-state index in [0.717, 1.165) is 0 Å². The average Bonchev–Trinajstić information content (AvgIpc) is 2.64. The zero-order valence-electron chi connectivity index (χ0n) is 16.3. The smallest absolute Gasteiger partial charge is 0.0445 e. The van der Waals surface area contributed by atoms with Gasteiger partial charge in [0.05, 0.1) is 0 Å². The van der Waals surface area contributed by atoms with Crippen molar-refractivity contribution < 1.29 is 0 Å². The topological polar surface area (TPSA) is 6.48 Å². The fraction of sp³-hybridized carbons (Fsp3) is 0.217. The molecule has 0 fully saturated rings. The number of anilines is 2. The Kier molecular flexibility index (Phi) is 5.64. The molecule has 0 saturated carbocycles. The molecular weight excluding hydrogens is 335 g/mol. The van der Waals surface area contributed by atoms with Crippen molar-refractivity contribution in [2.45, 2.75) is 6.92 Å². The molecule has 0 aliphatic rings. The zero-order valence-corrected chi connectivity index (χ0v) is 17.2. The molecule has 2 nitrogen and oxygen atoms in total. The van der Waals surface area contributed by atoms with Gasteiger partial charge in [-0.2, -0.15) is 0 Å². The van der Waals surface area contributed by atoms with Crippen molar-refractivity contribution in [2.75, 3.05) is 38.0 Å². The number of aryl methyl sites for hydroxylation is 1. The Labute approximate surface area is 158 Å². The Hall–Kier alpha value is -2.31. The standard InChI is InChI=1S/C23H27N2P/c1-18-12-6-9-15-21(18)26(22-16-10-7-13-19(22)24(2)3)23-17-11-8-14-20(23)25(4)5/h6-17H,1-5H3. The first-order chi connectivity index (χ1) is 12.5. The molecule has 0 spiro atoms. The Morgan fingerprint density at radius 1 is 0.538 bits per heavy atom. The van der Waals surface area contributed by atoms with Crippen molar-refractivity contribution in [1.82, 2.24) is 0 Å². The van der Waals surface area contributed by atoms with Crippen LogP contribution in [0.2, 0.25) is 0 Å². The van der Waals surface area contributed by atoms with Crippen LogP contribution in [0, 0.1) is 6.92 Å². The van der Waals surface area contributed by atoms with Gasteiger partial charge in [0.2, 0.25) is 0 Å². The van der Waals surface area contributed by atoms with Gasteiger partial charge in [-0.3, -0.25) is 0 Å². The van der Waals surface area contributed by atoms with Crippen LogP contribution in [0.15, 0.2) is 72.8 Å². The fourth-order valence-electron chi connectivity index (χ4n) is 3.27. The normalized spacial score (nSPS) is 10.8. The van der Waals surface area contributed by atoms with Crippen molar-refractivity contribution >= 4 is 35.2 Å². The van der Waals surface area contributed by atoms with Crippen molar-refractivity contribution in [2.24, 2.45) is 0 Å². The van der Waals surface area contributed by atoms with E-state index in [0.29, 0.717) is 0 Å². The summed E-state index contributed by atoms with van der Waals surface area (Å²) in [6.07, 6.45) is 0. The molecule has 0 radical (unpaired) electrons. The van der Waals surface area contributed by atoms with Gasteiger partial charge in [-0.1, -0.05) is 60.7 Å². The highest BCUT2D eigenvalue weighted by atomic mass is 31.1. The summed E-state index contributed by atoms with van der Waals surface area (Å²) in [5.74, 6) is 0. The summed E-state index contributed by atoms with van der Waals surface area (Å²) in [4.78, 5) is 4.45. The van der Waals surface area contributed by atoms with Crippen LogP contribution in [0.5, 0.6) is 0 Å². The third-order valence-electron chi connectivity index (χ3n) is 4.57. The Balaban J connectivity index is 2.32. The molecule has 0 N–H and O–H groups in total. The SMILES string of the molecule is Cc1ccccc1P(c1ccccc1N(C)C)c1ccccc1N(C)C. The summed E-state index contributed by atoms with van der Waals surface area (Å²) < 4.78 is 0. The van der Waals surface area contributed by atoms with Crippen molar-refractivity contribution in [3.05, 3.63) is 78.4 Å². The van der Waals surface area contributed by atoms with Crippen molar-refractivity contribution in [3.63, 3.8) is 0 Å². The summed E-state index contributed by atoms with van der Waals surface area (Å²) in [5.41, 5.74) is 3.92. The van der Waals surface area contributed by atoms with Gasteiger partial charge in [-0.25, -0.2) is 0 Å².